The number of hydrogen-bond donors (Lipinski definition) is 2. The van der Waals surface area contributed by atoms with Crippen molar-refractivity contribution in [3.8, 4) is 0 Å². The summed E-state index contributed by atoms with van der Waals surface area (Å²) in [5, 5.41) is 21.7. The summed E-state index contributed by atoms with van der Waals surface area (Å²) >= 11 is 0. The van der Waals surface area contributed by atoms with Gasteiger partial charge in [0.15, 0.2) is 0 Å². The predicted octanol–water partition coefficient (Wildman–Crippen LogP) is 6.11. The van der Waals surface area contributed by atoms with E-state index < -0.39 is 5.60 Å². The first kappa shape index (κ1) is 25.6. The molecule has 0 unspecified atom stereocenters. The van der Waals surface area contributed by atoms with Crippen LogP contribution in [0.1, 0.15) is 97.3 Å². The van der Waals surface area contributed by atoms with E-state index in [2.05, 4.69) is 51.1 Å². The highest BCUT2D eigenvalue weighted by molar-refractivity contribution is 5.20. The SMILES string of the molecule is CCCCC(O)(CC=C[C@@H]1[C@H]2CC(CCCCCN(C)C)=C[C@H]2C[C@H]1O)CCCC. The van der Waals surface area contributed by atoms with Crippen LogP contribution in [-0.2, 0) is 0 Å². The predicted molar refractivity (Wildman–Crippen MR) is 129 cm³/mol. The molecule has 1 fully saturated rings. The molecule has 2 N–H and O–H groups in total. The molecular formula is C27H49NO2. The molecule has 1 saturated carbocycles. The molecule has 0 saturated heterocycles. The van der Waals surface area contributed by atoms with Crippen molar-refractivity contribution >= 4 is 0 Å². The van der Waals surface area contributed by atoms with Crippen LogP contribution in [0.25, 0.3) is 0 Å². The summed E-state index contributed by atoms with van der Waals surface area (Å²) in [6, 6.07) is 0. The number of allylic oxidation sites excluding steroid dienone is 2. The highest BCUT2D eigenvalue weighted by Gasteiger charge is 2.43. The van der Waals surface area contributed by atoms with Gasteiger partial charge in [0.05, 0.1) is 11.7 Å². The Kier molecular flexibility index (Phi) is 11.1. The number of nitrogens with zero attached hydrogens (tertiary/aromatic N) is 1. The second-order valence-corrected chi connectivity index (χ2v) is 10.4. The van der Waals surface area contributed by atoms with E-state index >= 15 is 0 Å². The molecule has 0 radical (unpaired) electrons. The molecule has 30 heavy (non-hydrogen) atoms. The first-order valence-corrected chi connectivity index (χ1v) is 12.8. The topological polar surface area (TPSA) is 43.7 Å². The Morgan fingerprint density at radius 3 is 2.40 bits per heavy atom. The monoisotopic (exact) mass is 419 g/mol. The molecule has 3 nitrogen and oxygen atoms in total. The van der Waals surface area contributed by atoms with Gasteiger partial charge in [-0.15, -0.1) is 0 Å². The van der Waals surface area contributed by atoms with Gasteiger partial charge < -0.3 is 15.1 Å². The number of hydrogen-bond acceptors (Lipinski definition) is 3. The summed E-state index contributed by atoms with van der Waals surface area (Å²) in [5.41, 5.74) is 1.07. The van der Waals surface area contributed by atoms with Gasteiger partial charge in [0.2, 0.25) is 0 Å². The number of rotatable bonds is 15. The van der Waals surface area contributed by atoms with Gasteiger partial charge in [-0.3, -0.25) is 0 Å². The lowest BCUT2D eigenvalue weighted by Crippen LogP contribution is -2.28. The lowest BCUT2D eigenvalue weighted by atomic mass is 9.85. The van der Waals surface area contributed by atoms with Crippen molar-refractivity contribution in [1.29, 1.82) is 0 Å². The van der Waals surface area contributed by atoms with E-state index in [1.165, 1.54) is 38.6 Å². The first-order chi connectivity index (χ1) is 14.4. The quantitative estimate of drug-likeness (QED) is 0.249. The number of aliphatic hydroxyl groups excluding tert-OH is 1. The van der Waals surface area contributed by atoms with Crippen LogP contribution in [-0.4, -0.2) is 47.5 Å². The molecule has 0 aromatic heterocycles. The Morgan fingerprint density at radius 1 is 1.07 bits per heavy atom. The summed E-state index contributed by atoms with van der Waals surface area (Å²) in [6.45, 7) is 5.57. The van der Waals surface area contributed by atoms with E-state index in [-0.39, 0.29) is 12.0 Å². The minimum Gasteiger partial charge on any atom is -0.392 e. The molecule has 2 aliphatic carbocycles. The number of unbranched alkanes of at least 4 members (excludes halogenated alkanes) is 4. The molecule has 3 heteroatoms. The van der Waals surface area contributed by atoms with Crippen molar-refractivity contribution < 1.29 is 10.2 Å². The van der Waals surface area contributed by atoms with Gasteiger partial charge in [-0.05, 0) is 83.8 Å². The third-order valence-corrected chi connectivity index (χ3v) is 7.40. The van der Waals surface area contributed by atoms with Gasteiger partial charge >= 0.3 is 0 Å². The third-order valence-electron chi connectivity index (χ3n) is 7.40. The van der Waals surface area contributed by atoms with Gasteiger partial charge in [0, 0.05) is 5.92 Å². The van der Waals surface area contributed by atoms with Crippen LogP contribution in [0, 0.1) is 17.8 Å². The molecule has 2 aliphatic rings. The Labute approximate surface area is 186 Å². The molecule has 0 heterocycles. The fourth-order valence-corrected chi connectivity index (χ4v) is 5.53. The van der Waals surface area contributed by atoms with Crippen molar-refractivity contribution in [2.24, 2.45) is 17.8 Å². The lowest BCUT2D eigenvalue weighted by Gasteiger charge is -2.27. The van der Waals surface area contributed by atoms with Crippen LogP contribution in [0.4, 0.5) is 0 Å². The van der Waals surface area contributed by atoms with Gasteiger partial charge in [-0.25, -0.2) is 0 Å². The van der Waals surface area contributed by atoms with E-state index in [1.54, 1.807) is 5.57 Å². The fraction of sp³-hybridized carbons (Fsp3) is 0.852. The average Bonchev–Trinajstić information content (AvgIpc) is 3.22. The van der Waals surface area contributed by atoms with Crippen LogP contribution >= 0.6 is 0 Å². The Balaban J connectivity index is 1.82. The standard InChI is InChI=1S/C27H49NO2/c1-5-7-15-27(30,16-8-6-2)17-12-14-24-25-20-22(19-23(25)21-26(24)29)13-10-9-11-18-28(3)4/h12,14,19,23-26,29-30H,5-11,13,15-18,20-21H2,1-4H3/t23-,24+,25-,26+/m0/s1. The zero-order valence-electron chi connectivity index (χ0n) is 20.3. The average molecular weight is 420 g/mol. The van der Waals surface area contributed by atoms with Crippen LogP contribution in [0.15, 0.2) is 23.8 Å². The van der Waals surface area contributed by atoms with Gasteiger partial charge in [-0.2, -0.15) is 0 Å². The maximum atomic E-state index is 11.1. The highest BCUT2D eigenvalue weighted by atomic mass is 16.3. The third kappa shape index (κ3) is 8.13. The zero-order valence-corrected chi connectivity index (χ0v) is 20.3. The zero-order chi connectivity index (χ0) is 22.0. The van der Waals surface area contributed by atoms with E-state index in [9.17, 15) is 10.2 Å². The summed E-state index contributed by atoms with van der Waals surface area (Å²) in [5.74, 6) is 1.40. The van der Waals surface area contributed by atoms with Gasteiger partial charge in [0.25, 0.3) is 0 Å². The largest absolute Gasteiger partial charge is 0.392 e. The second kappa shape index (κ2) is 13.0. The fourth-order valence-electron chi connectivity index (χ4n) is 5.53. The normalized spacial score (nSPS) is 26.7. The summed E-state index contributed by atoms with van der Waals surface area (Å²) in [6.07, 6.45) is 20.9. The Hall–Kier alpha value is -0.640. The maximum Gasteiger partial charge on any atom is 0.0682 e. The van der Waals surface area contributed by atoms with E-state index in [1.807, 2.05) is 0 Å². The highest BCUT2D eigenvalue weighted by Crippen LogP contribution is 2.48. The Morgan fingerprint density at radius 2 is 1.77 bits per heavy atom. The van der Waals surface area contributed by atoms with Crippen LogP contribution in [0.2, 0.25) is 0 Å². The van der Waals surface area contributed by atoms with E-state index in [0.717, 1.165) is 51.4 Å². The molecule has 2 rings (SSSR count). The van der Waals surface area contributed by atoms with Gasteiger partial charge in [0.1, 0.15) is 0 Å². The second-order valence-electron chi connectivity index (χ2n) is 10.4. The molecule has 0 aromatic rings. The van der Waals surface area contributed by atoms with E-state index in [0.29, 0.717) is 11.8 Å². The minimum atomic E-state index is -0.558. The van der Waals surface area contributed by atoms with Crippen molar-refractivity contribution in [1.82, 2.24) is 4.90 Å². The molecule has 4 atom stereocenters. The lowest BCUT2D eigenvalue weighted by molar-refractivity contribution is 0.0211. The van der Waals surface area contributed by atoms with Crippen molar-refractivity contribution in [3.05, 3.63) is 23.8 Å². The van der Waals surface area contributed by atoms with Crippen molar-refractivity contribution in [2.45, 2.75) is 109 Å². The van der Waals surface area contributed by atoms with Crippen LogP contribution in [0.3, 0.4) is 0 Å². The van der Waals surface area contributed by atoms with Crippen LogP contribution in [0.5, 0.6) is 0 Å². The molecular weight excluding hydrogens is 370 g/mol. The summed E-state index contributed by atoms with van der Waals surface area (Å²) in [4.78, 5) is 2.27. The molecule has 0 aromatic carbocycles. The minimum absolute atomic E-state index is 0.214. The van der Waals surface area contributed by atoms with Crippen molar-refractivity contribution in [2.75, 3.05) is 20.6 Å². The van der Waals surface area contributed by atoms with Gasteiger partial charge in [-0.1, -0.05) is 69.8 Å². The smallest absolute Gasteiger partial charge is 0.0682 e. The molecule has 0 aliphatic heterocycles. The molecule has 174 valence electrons. The van der Waals surface area contributed by atoms with Crippen molar-refractivity contribution in [3.63, 3.8) is 0 Å². The maximum absolute atomic E-state index is 11.1. The first-order valence-electron chi connectivity index (χ1n) is 12.8. The number of fused-ring (bicyclic) bond motifs is 1. The molecule has 0 spiro atoms. The molecule has 0 bridgehead atoms. The van der Waals surface area contributed by atoms with E-state index in [4.69, 9.17) is 0 Å². The molecule has 0 amide bonds. The summed E-state index contributed by atoms with van der Waals surface area (Å²) in [7, 11) is 4.29. The summed E-state index contributed by atoms with van der Waals surface area (Å²) < 4.78 is 0. The number of aliphatic hydroxyl groups is 2. The Bertz CT molecular complexity index is 531. The van der Waals surface area contributed by atoms with Crippen LogP contribution < -0.4 is 0 Å².